The number of likely N-dealkylation sites (N-methyl/N-ethyl adjacent to an activating group) is 1. The van der Waals surface area contributed by atoms with E-state index < -0.39 is 0 Å². The van der Waals surface area contributed by atoms with Gasteiger partial charge in [-0.2, -0.15) is 11.8 Å². The lowest BCUT2D eigenvalue weighted by molar-refractivity contribution is 0.171. The molecule has 0 aromatic rings. The van der Waals surface area contributed by atoms with E-state index >= 15 is 0 Å². The molecule has 3 heteroatoms. The van der Waals surface area contributed by atoms with Gasteiger partial charge < -0.3 is 10.2 Å². The summed E-state index contributed by atoms with van der Waals surface area (Å²) < 4.78 is 0. The minimum absolute atomic E-state index is 0.382. The number of hydrogen-bond acceptors (Lipinski definition) is 3. The fraction of sp³-hybridized carbons (Fsp3) is 0.846. The summed E-state index contributed by atoms with van der Waals surface area (Å²) in [6.07, 6.45) is 5.62. The predicted octanol–water partition coefficient (Wildman–Crippen LogP) is 2.37. The molecule has 2 nitrogen and oxygen atoms in total. The maximum Gasteiger partial charge on any atom is 0.0425 e. The van der Waals surface area contributed by atoms with E-state index in [0.29, 0.717) is 11.6 Å². The summed E-state index contributed by atoms with van der Waals surface area (Å²) in [7, 11) is 4.42. The first-order chi connectivity index (χ1) is 7.60. The van der Waals surface area contributed by atoms with Crippen LogP contribution in [-0.2, 0) is 0 Å². The summed E-state index contributed by atoms with van der Waals surface area (Å²) in [6.45, 7) is 7.16. The van der Waals surface area contributed by atoms with Gasteiger partial charge in [0.15, 0.2) is 0 Å². The van der Waals surface area contributed by atoms with Crippen LogP contribution in [0.25, 0.3) is 0 Å². The van der Waals surface area contributed by atoms with Crippen molar-refractivity contribution in [2.45, 2.75) is 37.8 Å². The summed E-state index contributed by atoms with van der Waals surface area (Å²) in [4.78, 5) is 2.40. The Morgan fingerprint density at radius 3 is 2.81 bits per heavy atom. The molecule has 1 N–H and O–H groups in total. The van der Waals surface area contributed by atoms with Crippen molar-refractivity contribution in [2.24, 2.45) is 0 Å². The monoisotopic (exact) mass is 242 g/mol. The molecule has 1 aliphatic rings. The summed E-state index contributed by atoms with van der Waals surface area (Å²) in [6, 6.07) is 0.598. The number of allylic oxidation sites excluding steroid dienone is 1. The van der Waals surface area contributed by atoms with Crippen molar-refractivity contribution in [3.05, 3.63) is 12.7 Å². The molecule has 0 amide bonds. The van der Waals surface area contributed by atoms with Crippen LogP contribution in [0.15, 0.2) is 12.7 Å². The second-order valence-corrected chi connectivity index (χ2v) is 6.17. The van der Waals surface area contributed by atoms with E-state index in [4.69, 9.17) is 0 Å². The highest BCUT2D eigenvalue weighted by Crippen LogP contribution is 2.31. The average molecular weight is 242 g/mol. The first kappa shape index (κ1) is 14.1. The van der Waals surface area contributed by atoms with Crippen molar-refractivity contribution in [1.29, 1.82) is 0 Å². The SMILES string of the molecule is C=CCCC(C)NCC1(N(C)C)CCSC1. The largest absolute Gasteiger partial charge is 0.312 e. The van der Waals surface area contributed by atoms with Gasteiger partial charge in [-0.15, -0.1) is 6.58 Å². The zero-order valence-corrected chi connectivity index (χ0v) is 11.8. The highest BCUT2D eigenvalue weighted by Gasteiger charge is 2.36. The molecule has 94 valence electrons. The summed E-state index contributed by atoms with van der Waals surface area (Å²) in [5.41, 5.74) is 0.382. The summed E-state index contributed by atoms with van der Waals surface area (Å²) >= 11 is 2.08. The maximum atomic E-state index is 3.77. The third-order valence-electron chi connectivity index (χ3n) is 3.61. The molecule has 1 rings (SSSR count). The Morgan fingerprint density at radius 1 is 1.56 bits per heavy atom. The molecular weight excluding hydrogens is 216 g/mol. The molecule has 2 unspecified atom stereocenters. The quantitative estimate of drug-likeness (QED) is 0.690. The molecule has 1 aliphatic heterocycles. The van der Waals surface area contributed by atoms with E-state index in [1.807, 2.05) is 6.08 Å². The molecule has 0 aromatic heterocycles. The zero-order chi connectivity index (χ0) is 12.0. The highest BCUT2D eigenvalue weighted by atomic mass is 32.2. The van der Waals surface area contributed by atoms with Crippen molar-refractivity contribution in [3.63, 3.8) is 0 Å². The van der Waals surface area contributed by atoms with E-state index in [2.05, 4.69) is 49.6 Å². The van der Waals surface area contributed by atoms with Gasteiger partial charge >= 0.3 is 0 Å². The topological polar surface area (TPSA) is 15.3 Å². The van der Waals surface area contributed by atoms with Crippen molar-refractivity contribution in [3.8, 4) is 0 Å². The van der Waals surface area contributed by atoms with Gasteiger partial charge in [0.05, 0.1) is 0 Å². The molecule has 0 spiro atoms. The third kappa shape index (κ3) is 3.79. The Morgan fingerprint density at radius 2 is 2.31 bits per heavy atom. The Labute approximate surface area is 105 Å². The molecule has 1 fully saturated rings. The Hall–Kier alpha value is 0.0100. The first-order valence-corrected chi connectivity index (χ1v) is 7.36. The lowest BCUT2D eigenvalue weighted by Crippen LogP contribution is -2.53. The van der Waals surface area contributed by atoms with Crippen molar-refractivity contribution in [2.75, 3.05) is 32.1 Å². The van der Waals surface area contributed by atoms with Gasteiger partial charge in [-0.05, 0) is 46.0 Å². The Bertz CT molecular complexity index is 210. The van der Waals surface area contributed by atoms with Crippen molar-refractivity contribution < 1.29 is 0 Å². The van der Waals surface area contributed by atoms with E-state index in [0.717, 1.165) is 13.0 Å². The summed E-state index contributed by atoms with van der Waals surface area (Å²) in [5, 5.41) is 3.68. The Balaban J connectivity index is 2.35. The molecule has 0 radical (unpaired) electrons. The molecule has 0 aromatic carbocycles. The number of nitrogens with one attached hydrogen (secondary N) is 1. The molecule has 0 bridgehead atoms. The third-order valence-corrected chi connectivity index (χ3v) is 4.85. The lowest BCUT2D eigenvalue weighted by atomic mass is 9.96. The van der Waals surface area contributed by atoms with Crippen molar-refractivity contribution >= 4 is 11.8 Å². The van der Waals surface area contributed by atoms with Crippen LogP contribution in [0.5, 0.6) is 0 Å². The fourth-order valence-electron chi connectivity index (χ4n) is 2.08. The molecule has 0 aliphatic carbocycles. The van der Waals surface area contributed by atoms with Crippen LogP contribution in [-0.4, -0.2) is 48.6 Å². The lowest BCUT2D eigenvalue weighted by Gasteiger charge is -2.37. The van der Waals surface area contributed by atoms with Crippen LogP contribution in [0, 0.1) is 0 Å². The van der Waals surface area contributed by atoms with E-state index in [-0.39, 0.29) is 0 Å². The van der Waals surface area contributed by atoms with E-state index in [1.54, 1.807) is 0 Å². The molecule has 16 heavy (non-hydrogen) atoms. The normalized spacial score (nSPS) is 27.2. The Kier molecular flexibility index (Phi) is 5.87. The molecule has 2 atom stereocenters. The highest BCUT2D eigenvalue weighted by molar-refractivity contribution is 7.99. The fourth-order valence-corrected chi connectivity index (χ4v) is 3.63. The number of rotatable bonds is 7. The molecule has 1 saturated heterocycles. The van der Waals surface area contributed by atoms with Crippen molar-refractivity contribution in [1.82, 2.24) is 10.2 Å². The molecule has 1 heterocycles. The second kappa shape index (κ2) is 6.67. The van der Waals surface area contributed by atoms with Gasteiger partial charge in [0.25, 0.3) is 0 Å². The van der Waals surface area contributed by atoms with Crippen LogP contribution in [0.4, 0.5) is 0 Å². The van der Waals surface area contributed by atoms with Gasteiger partial charge in [-0.3, -0.25) is 0 Å². The van der Waals surface area contributed by atoms with Gasteiger partial charge in [-0.25, -0.2) is 0 Å². The maximum absolute atomic E-state index is 3.77. The van der Waals surface area contributed by atoms with Crippen LogP contribution < -0.4 is 5.32 Å². The number of thioether (sulfide) groups is 1. The number of hydrogen-bond donors (Lipinski definition) is 1. The smallest absolute Gasteiger partial charge is 0.0425 e. The van der Waals surface area contributed by atoms with Gasteiger partial charge in [0.2, 0.25) is 0 Å². The van der Waals surface area contributed by atoms with Crippen LogP contribution in [0.2, 0.25) is 0 Å². The van der Waals surface area contributed by atoms with Gasteiger partial charge in [0, 0.05) is 23.9 Å². The van der Waals surface area contributed by atoms with Crippen LogP contribution in [0.3, 0.4) is 0 Å². The van der Waals surface area contributed by atoms with Gasteiger partial charge in [0.1, 0.15) is 0 Å². The summed E-state index contributed by atoms with van der Waals surface area (Å²) in [5.74, 6) is 2.57. The van der Waals surface area contributed by atoms with E-state index in [9.17, 15) is 0 Å². The van der Waals surface area contributed by atoms with E-state index in [1.165, 1.54) is 24.3 Å². The minimum Gasteiger partial charge on any atom is -0.312 e. The number of nitrogens with zero attached hydrogens (tertiary/aromatic N) is 1. The molecule has 0 saturated carbocycles. The first-order valence-electron chi connectivity index (χ1n) is 6.20. The minimum atomic E-state index is 0.382. The van der Waals surface area contributed by atoms with Crippen LogP contribution in [0.1, 0.15) is 26.2 Å². The predicted molar refractivity (Wildman–Crippen MR) is 75.3 cm³/mol. The zero-order valence-electron chi connectivity index (χ0n) is 11.0. The molecular formula is C13H26N2S. The van der Waals surface area contributed by atoms with Gasteiger partial charge in [-0.1, -0.05) is 6.08 Å². The van der Waals surface area contributed by atoms with Crippen LogP contribution >= 0.6 is 11.8 Å². The average Bonchev–Trinajstić information content (AvgIpc) is 2.73. The standard InChI is InChI=1S/C13H26N2S/c1-5-6-7-12(2)14-10-13(15(3)4)8-9-16-11-13/h5,12,14H,1,6-11H2,2-4H3. The second-order valence-electron chi connectivity index (χ2n) is 5.07.